The molecule has 1 saturated carbocycles. The van der Waals surface area contributed by atoms with Gasteiger partial charge in [-0.05, 0) is 30.9 Å². The first kappa shape index (κ1) is 10.2. The van der Waals surface area contributed by atoms with Crippen molar-refractivity contribution in [2.45, 2.75) is 25.8 Å². The van der Waals surface area contributed by atoms with Gasteiger partial charge in [0.2, 0.25) is 0 Å². The second kappa shape index (κ2) is 3.88. The van der Waals surface area contributed by atoms with Crippen molar-refractivity contribution in [3.05, 3.63) is 48.5 Å². The van der Waals surface area contributed by atoms with Crippen molar-refractivity contribution in [2.24, 2.45) is 5.92 Å². The van der Waals surface area contributed by atoms with Crippen LogP contribution in [0.15, 0.2) is 48.5 Å². The number of hydrogen-bond acceptors (Lipinski definition) is 0. The molecule has 1 fully saturated rings. The molecule has 1 aliphatic carbocycles. The van der Waals surface area contributed by atoms with Crippen molar-refractivity contribution in [3.63, 3.8) is 0 Å². The van der Waals surface area contributed by atoms with E-state index in [0.29, 0.717) is 0 Å². The van der Waals surface area contributed by atoms with Gasteiger partial charge in [-0.3, -0.25) is 0 Å². The third kappa shape index (κ3) is 1.40. The molecule has 1 aromatic heterocycles. The second-order valence-corrected chi connectivity index (χ2v) is 5.44. The van der Waals surface area contributed by atoms with E-state index in [4.69, 9.17) is 0 Å². The lowest BCUT2D eigenvalue weighted by molar-refractivity contribution is 0.282. The molecule has 0 saturated heterocycles. The first-order valence-electron chi connectivity index (χ1n) is 6.89. The van der Waals surface area contributed by atoms with Gasteiger partial charge in [0.05, 0.1) is 0 Å². The SMILES string of the molecule is c1ccc2c(c1)c1ccccc1n2CC1CCC1. The third-order valence-corrected chi connectivity index (χ3v) is 4.35. The highest BCUT2D eigenvalue weighted by Crippen LogP contribution is 2.33. The van der Waals surface area contributed by atoms with Crippen LogP contribution in [-0.2, 0) is 6.54 Å². The van der Waals surface area contributed by atoms with E-state index in [2.05, 4.69) is 53.1 Å². The molecule has 3 aromatic rings. The maximum atomic E-state index is 2.52. The standard InChI is InChI=1S/C17H17N/c1-3-10-16-14(8-1)15-9-2-4-11-17(15)18(16)12-13-6-5-7-13/h1-4,8-11,13H,5-7,12H2. The maximum absolute atomic E-state index is 2.52. The van der Waals surface area contributed by atoms with E-state index in [1.54, 1.807) is 0 Å². The number of para-hydroxylation sites is 2. The van der Waals surface area contributed by atoms with E-state index in [9.17, 15) is 0 Å². The van der Waals surface area contributed by atoms with Gasteiger partial charge >= 0.3 is 0 Å². The predicted octanol–water partition coefficient (Wildman–Crippen LogP) is 4.59. The molecule has 1 aliphatic rings. The lowest BCUT2D eigenvalue weighted by Gasteiger charge is -2.26. The topological polar surface area (TPSA) is 4.93 Å². The smallest absolute Gasteiger partial charge is 0.0491 e. The van der Waals surface area contributed by atoms with Crippen LogP contribution in [0.4, 0.5) is 0 Å². The molecule has 0 unspecified atom stereocenters. The monoisotopic (exact) mass is 235 g/mol. The van der Waals surface area contributed by atoms with Crippen LogP contribution in [0.2, 0.25) is 0 Å². The molecule has 0 amide bonds. The van der Waals surface area contributed by atoms with E-state index >= 15 is 0 Å². The maximum Gasteiger partial charge on any atom is 0.0491 e. The van der Waals surface area contributed by atoms with E-state index in [-0.39, 0.29) is 0 Å². The van der Waals surface area contributed by atoms with Gasteiger partial charge in [0, 0.05) is 28.4 Å². The zero-order valence-corrected chi connectivity index (χ0v) is 10.5. The van der Waals surface area contributed by atoms with Crippen LogP contribution >= 0.6 is 0 Å². The van der Waals surface area contributed by atoms with Crippen LogP contribution in [0.1, 0.15) is 19.3 Å². The van der Waals surface area contributed by atoms with Crippen LogP contribution in [0.3, 0.4) is 0 Å². The van der Waals surface area contributed by atoms with E-state index < -0.39 is 0 Å². The average molecular weight is 235 g/mol. The number of nitrogens with zero attached hydrogens (tertiary/aromatic N) is 1. The number of benzene rings is 2. The van der Waals surface area contributed by atoms with Gasteiger partial charge in [0.1, 0.15) is 0 Å². The van der Waals surface area contributed by atoms with Crippen LogP contribution in [0.5, 0.6) is 0 Å². The molecule has 2 aromatic carbocycles. The number of fused-ring (bicyclic) bond motifs is 3. The van der Waals surface area contributed by atoms with Crippen molar-refractivity contribution in [2.75, 3.05) is 0 Å². The zero-order chi connectivity index (χ0) is 11.9. The average Bonchev–Trinajstić information content (AvgIpc) is 2.69. The Kier molecular flexibility index (Phi) is 2.19. The summed E-state index contributed by atoms with van der Waals surface area (Å²) in [4.78, 5) is 0. The third-order valence-electron chi connectivity index (χ3n) is 4.35. The lowest BCUT2D eigenvalue weighted by Crippen LogP contribution is -2.17. The Morgan fingerprint density at radius 1 is 0.833 bits per heavy atom. The summed E-state index contributed by atoms with van der Waals surface area (Å²) in [5.74, 6) is 0.893. The summed E-state index contributed by atoms with van der Waals surface area (Å²) < 4.78 is 2.52. The van der Waals surface area contributed by atoms with E-state index in [1.807, 2.05) is 0 Å². The van der Waals surface area contributed by atoms with Gasteiger partial charge in [-0.2, -0.15) is 0 Å². The fraction of sp³-hybridized carbons (Fsp3) is 0.294. The molecule has 90 valence electrons. The molecule has 0 radical (unpaired) electrons. The zero-order valence-electron chi connectivity index (χ0n) is 10.5. The molecular formula is C17H17N. The summed E-state index contributed by atoms with van der Waals surface area (Å²) >= 11 is 0. The molecule has 0 N–H and O–H groups in total. The van der Waals surface area contributed by atoms with E-state index in [1.165, 1.54) is 47.6 Å². The predicted molar refractivity (Wildman–Crippen MR) is 76.8 cm³/mol. The minimum atomic E-state index is 0.893. The molecule has 0 bridgehead atoms. The Balaban J connectivity index is 2.00. The highest BCUT2D eigenvalue weighted by molar-refractivity contribution is 6.07. The van der Waals surface area contributed by atoms with Crippen LogP contribution in [-0.4, -0.2) is 4.57 Å². The first-order valence-corrected chi connectivity index (χ1v) is 6.89. The molecule has 1 nitrogen and oxygen atoms in total. The first-order chi connectivity index (χ1) is 8.93. The summed E-state index contributed by atoms with van der Waals surface area (Å²) in [6, 6.07) is 17.6. The van der Waals surface area contributed by atoms with Gasteiger partial charge in [-0.1, -0.05) is 42.8 Å². The summed E-state index contributed by atoms with van der Waals surface area (Å²) in [6.07, 6.45) is 4.23. The van der Waals surface area contributed by atoms with Crippen LogP contribution in [0, 0.1) is 5.92 Å². The fourth-order valence-corrected chi connectivity index (χ4v) is 3.13. The summed E-state index contributed by atoms with van der Waals surface area (Å²) in [6.45, 7) is 1.19. The Labute approximate surface area is 107 Å². The fourth-order valence-electron chi connectivity index (χ4n) is 3.13. The Hall–Kier alpha value is -1.76. The van der Waals surface area contributed by atoms with Crippen molar-refractivity contribution in [3.8, 4) is 0 Å². The highest BCUT2D eigenvalue weighted by Gasteiger charge is 2.20. The van der Waals surface area contributed by atoms with Crippen molar-refractivity contribution in [1.82, 2.24) is 4.57 Å². The van der Waals surface area contributed by atoms with Crippen LogP contribution < -0.4 is 0 Å². The van der Waals surface area contributed by atoms with Gasteiger partial charge in [-0.25, -0.2) is 0 Å². The molecule has 1 heteroatoms. The van der Waals surface area contributed by atoms with E-state index in [0.717, 1.165) is 5.92 Å². The number of hydrogen-bond donors (Lipinski definition) is 0. The Bertz CT molecular complexity index is 651. The molecule has 0 aliphatic heterocycles. The van der Waals surface area contributed by atoms with Crippen molar-refractivity contribution >= 4 is 21.8 Å². The Morgan fingerprint density at radius 2 is 1.39 bits per heavy atom. The van der Waals surface area contributed by atoms with Gasteiger partial charge in [0.15, 0.2) is 0 Å². The normalized spacial score (nSPS) is 16.2. The molecular weight excluding hydrogens is 218 g/mol. The highest BCUT2D eigenvalue weighted by atomic mass is 15.0. The largest absolute Gasteiger partial charge is 0.340 e. The molecule has 1 heterocycles. The number of aromatic nitrogens is 1. The van der Waals surface area contributed by atoms with Crippen molar-refractivity contribution in [1.29, 1.82) is 0 Å². The van der Waals surface area contributed by atoms with Crippen molar-refractivity contribution < 1.29 is 0 Å². The van der Waals surface area contributed by atoms with Gasteiger partial charge in [0.25, 0.3) is 0 Å². The molecule has 18 heavy (non-hydrogen) atoms. The quantitative estimate of drug-likeness (QED) is 0.612. The second-order valence-electron chi connectivity index (χ2n) is 5.44. The summed E-state index contributed by atoms with van der Waals surface area (Å²) in [7, 11) is 0. The molecule has 4 rings (SSSR count). The molecule has 0 spiro atoms. The van der Waals surface area contributed by atoms with Gasteiger partial charge in [-0.15, -0.1) is 0 Å². The lowest BCUT2D eigenvalue weighted by atomic mass is 9.85. The minimum Gasteiger partial charge on any atom is -0.340 e. The summed E-state index contributed by atoms with van der Waals surface area (Å²) in [5.41, 5.74) is 2.79. The van der Waals surface area contributed by atoms with Crippen LogP contribution in [0.25, 0.3) is 21.8 Å². The number of rotatable bonds is 2. The minimum absolute atomic E-state index is 0.893. The molecule has 0 atom stereocenters. The summed E-state index contributed by atoms with van der Waals surface area (Å²) in [5, 5.41) is 2.79. The van der Waals surface area contributed by atoms with Gasteiger partial charge < -0.3 is 4.57 Å². The Morgan fingerprint density at radius 3 is 1.89 bits per heavy atom.